The van der Waals surface area contributed by atoms with Gasteiger partial charge in [0.05, 0.1) is 0 Å². The van der Waals surface area contributed by atoms with Gasteiger partial charge in [0.25, 0.3) is 5.91 Å². The summed E-state index contributed by atoms with van der Waals surface area (Å²) in [7, 11) is 3.46. The van der Waals surface area contributed by atoms with Crippen molar-refractivity contribution in [1.29, 1.82) is 0 Å². The van der Waals surface area contributed by atoms with E-state index in [-0.39, 0.29) is 18.3 Å². The minimum absolute atomic E-state index is 0. The molecule has 0 bridgehead atoms. The van der Waals surface area contributed by atoms with Gasteiger partial charge < -0.3 is 15.0 Å². The van der Waals surface area contributed by atoms with Crippen LogP contribution in [0, 0.1) is 0 Å². The Morgan fingerprint density at radius 2 is 2.00 bits per heavy atom. The van der Waals surface area contributed by atoms with Crippen LogP contribution in [0.2, 0.25) is 0 Å². The van der Waals surface area contributed by atoms with E-state index in [0.29, 0.717) is 0 Å². The highest BCUT2D eigenvalue weighted by molar-refractivity contribution is 5.85. The Hall–Kier alpha value is -0.320. The average Bonchev–Trinajstić information content (AvgIpc) is 2.28. The largest absolute Gasteiger partial charge is 0.368 e. The molecule has 1 N–H and O–H groups in total. The van der Waals surface area contributed by atoms with Crippen LogP contribution in [0.4, 0.5) is 0 Å². The van der Waals surface area contributed by atoms with E-state index < -0.39 is 5.60 Å². The molecule has 5 heteroatoms. The van der Waals surface area contributed by atoms with Crippen molar-refractivity contribution in [2.75, 3.05) is 33.8 Å². The molecule has 1 rings (SSSR count). The van der Waals surface area contributed by atoms with E-state index >= 15 is 0 Å². The second-order valence-corrected chi connectivity index (χ2v) is 3.77. The Balaban J connectivity index is 0.00000196. The minimum Gasteiger partial charge on any atom is -0.368 e. The van der Waals surface area contributed by atoms with Crippen LogP contribution < -0.4 is 5.32 Å². The van der Waals surface area contributed by atoms with Crippen LogP contribution in [0.25, 0.3) is 0 Å². The Morgan fingerprint density at radius 1 is 1.47 bits per heavy atom. The molecule has 90 valence electrons. The second kappa shape index (κ2) is 6.30. The van der Waals surface area contributed by atoms with Gasteiger partial charge in [0.15, 0.2) is 0 Å². The summed E-state index contributed by atoms with van der Waals surface area (Å²) in [6.45, 7) is 4.42. The third-order valence-corrected chi connectivity index (χ3v) is 3.01. The van der Waals surface area contributed by atoms with Crippen molar-refractivity contribution in [3.05, 3.63) is 0 Å². The number of halogens is 1. The monoisotopic (exact) mass is 236 g/mol. The lowest BCUT2D eigenvalue weighted by atomic mass is 9.90. The van der Waals surface area contributed by atoms with Crippen molar-refractivity contribution in [3.8, 4) is 0 Å². The molecule has 0 aromatic rings. The van der Waals surface area contributed by atoms with Crippen LogP contribution in [0.15, 0.2) is 0 Å². The molecule has 0 spiro atoms. The highest BCUT2D eigenvalue weighted by Crippen LogP contribution is 2.24. The summed E-state index contributed by atoms with van der Waals surface area (Å²) in [5, 5.41) is 3.23. The number of likely N-dealkylation sites (N-methyl/N-ethyl adjacent to an activating group) is 1. The molecule has 0 aromatic heterocycles. The zero-order chi connectivity index (χ0) is 10.6. The van der Waals surface area contributed by atoms with Gasteiger partial charge in [0, 0.05) is 20.7 Å². The number of rotatable bonds is 3. The van der Waals surface area contributed by atoms with Crippen LogP contribution in [-0.2, 0) is 9.53 Å². The van der Waals surface area contributed by atoms with Crippen molar-refractivity contribution in [2.45, 2.75) is 25.4 Å². The summed E-state index contributed by atoms with van der Waals surface area (Å²) < 4.78 is 5.43. The maximum Gasteiger partial charge on any atom is 0.254 e. The normalized spacial score (nSPS) is 19.1. The first-order chi connectivity index (χ1) is 6.66. The highest BCUT2D eigenvalue weighted by atomic mass is 35.5. The van der Waals surface area contributed by atoms with E-state index in [1.54, 1.807) is 12.0 Å². The Bertz CT molecular complexity index is 206. The molecule has 0 unspecified atom stereocenters. The highest BCUT2D eigenvalue weighted by Gasteiger charge is 2.40. The molecule has 1 aliphatic rings. The van der Waals surface area contributed by atoms with Gasteiger partial charge in [-0.1, -0.05) is 0 Å². The number of carbonyl (C=O) groups excluding carboxylic acids is 1. The number of piperidine rings is 1. The molecule has 1 saturated heterocycles. The number of nitrogens with zero attached hydrogens (tertiary/aromatic N) is 1. The molecule has 15 heavy (non-hydrogen) atoms. The van der Waals surface area contributed by atoms with Gasteiger partial charge in [0.1, 0.15) is 5.60 Å². The molecule has 0 saturated carbocycles. The summed E-state index contributed by atoms with van der Waals surface area (Å²) in [6, 6.07) is 0. The number of carbonyl (C=O) groups is 1. The van der Waals surface area contributed by atoms with Gasteiger partial charge in [-0.05, 0) is 32.9 Å². The Labute approximate surface area is 97.8 Å². The van der Waals surface area contributed by atoms with Crippen molar-refractivity contribution in [3.63, 3.8) is 0 Å². The first kappa shape index (κ1) is 14.7. The molecular formula is C10H21ClN2O2. The predicted octanol–water partition coefficient (Wildman–Crippen LogP) is 0.655. The van der Waals surface area contributed by atoms with Gasteiger partial charge >= 0.3 is 0 Å². The van der Waals surface area contributed by atoms with E-state index in [9.17, 15) is 4.79 Å². The predicted molar refractivity (Wildman–Crippen MR) is 62.4 cm³/mol. The van der Waals surface area contributed by atoms with Crippen molar-refractivity contribution >= 4 is 18.3 Å². The average molecular weight is 237 g/mol. The SMILES string of the molecule is CCN(C)C(=O)C1(OC)CCNCC1.Cl. The van der Waals surface area contributed by atoms with Gasteiger partial charge in [-0.15, -0.1) is 12.4 Å². The molecule has 1 aliphatic heterocycles. The van der Waals surface area contributed by atoms with Gasteiger partial charge in [0.2, 0.25) is 0 Å². The lowest BCUT2D eigenvalue weighted by Gasteiger charge is -2.37. The lowest BCUT2D eigenvalue weighted by molar-refractivity contribution is -0.156. The number of methoxy groups -OCH3 is 1. The fourth-order valence-electron chi connectivity index (χ4n) is 1.83. The minimum atomic E-state index is -0.573. The first-order valence-corrected chi connectivity index (χ1v) is 5.17. The number of hydrogen-bond acceptors (Lipinski definition) is 3. The van der Waals surface area contributed by atoms with Crippen molar-refractivity contribution in [2.24, 2.45) is 0 Å². The van der Waals surface area contributed by atoms with Gasteiger partial charge in [-0.25, -0.2) is 0 Å². The van der Waals surface area contributed by atoms with E-state index in [0.717, 1.165) is 32.5 Å². The standard InChI is InChI=1S/C10H20N2O2.ClH/c1-4-12(2)9(13)10(14-3)5-7-11-8-6-10;/h11H,4-8H2,1-3H3;1H. The van der Waals surface area contributed by atoms with Crippen LogP contribution in [0.3, 0.4) is 0 Å². The number of hydrogen-bond donors (Lipinski definition) is 1. The van der Waals surface area contributed by atoms with Crippen LogP contribution in [0.5, 0.6) is 0 Å². The maximum absolute atomic E-state index is 12.1. The number of nitrogens with one attached hydrogen (secondary N) is 1. The lowest BCUT2D eigenvalue weighted by Crippen LogP contribution is -2.54. The zero-order valence-electron chi connectivity index (χ0n) is 9.71. The van der Waals surface area contributed by atoms with E-state index in [4.69, 9.17) is 4.74 Å². The molecule has 1 amide bonds. The van der Waals surface area contributed by atoms with Crippen molar-refractivity contribution in [1.82, 2.24) is 10.2 Å². The molecule has 4 nitrogen and oxygen atoms in total. The van der Waals surface area contributed by atoms with Crippen LogP contribution >= 0.6 is 12.4 Å². The Morgan fingerprint density at radius 3 is 2.40 bits per heavy atom. The summed E-state index contributed by atoms with van der Waals surface area (Å²) in [5.74, 6) is 0.115. The number of amides is 1. The third-order valence-electron chi connectivity index (χ3n) is 3.01. The first-order valence-electron chi connectivity index (χ1n) is 5.17. The zero-order valence-corrected chi connectivity index (χ0v) is 10.5. The molecule has 1 heterocycles. The topological polar surface area (TPSA) is 41.6 Å². The molecule has 0 radical (unpaired) electrons. The Kier molecular flexibility index (Phi) is 6.17. The molecular weight excluding hydrogens is 216 g/mol. The van der Waals surface area contributed by atoms with Gasteiger partial charge in [-0.2, -0.15) is 0 Å². The third kappa shape index (κ3) is 3.06. The molecule has 0 atom stereocenters. The summed E-state index contributed by atoms with van der Waals surface area (Å²) in [4.78, 5) is 13.8. The summed E-state index contributed by atoms with van der Waals surface area (Å²) >= 11 is 0. The fraction of sp³-hybridized carbons (Fsp3) is 0.900. The second-order valence-electron chi connectivity index (χ2n) is 3.77. The van der Waals surface area contributed by atoms with E-state index in [2.05, 4.69) is 5.32 Å². The fourth-order valence-corrected chi connectivity index (χ4v) is 1.83. The molecule has 0 aliphatic carbocycles. The van der Waals surface area contributed by atoms with E-state index in [1.807, 2.05) is 14.0 Å². The number of ether oxygens (including phenoxy) is 1. The van der Waals surface area contributed by atoms with Crippen molar-refractivity contribution < 1.29 is 9.53 Å². The summed E-state index contributed by atoms with van der Waals surface area (Å²) in [6.07, 6.45) is 1.54. The van der Waals surface area contributed by atoms with Crippen LogP contribution in [0.1, 0.15) is 19.8 Å². The summed E-state index contributed by atoms with van der Waals surface area (Å²) in [5.41, 5.74) is -0.573. The maximum atomic E-state index is 12.1. The molecule has 1 fully saturated rings. The van der Waals surface area contributed by atoms with E-state index in [1.165, 1.54) is 0 Å². The smallest absolute Gasteiger partial charge is 0.254 e. The molecule has 0 aromatic carbocycles. The quantitative estimate of drug-likeness (QED) is 0.783. The van der Waals surface area contributed by atoms with Gasteiger partial charge in [-0.3, -0.25) is 4.79 Å². The van der Waals surface area contributed by atoms with Crippen LogP contribution in [-0.4, -0.2) is 50.2 Å².